The van der Waals surface area contributed by atoms with Crippen LogP contribution in [0.25, 0.3) is 0 Å². The maximum atomic E-state index is 12.1. The number of ketones is 1. The largest absolute Gasteiger partial charge is 0.294 e. The lowest BCUT2D eigenvalue weighted by atomic mass is 9.79. The number of hydrogen-bond acceptors (Lipinski definition) is 1. The third kappa shape index (κ3) is 1.97. The van der Waals surface area contributed by atoms with Crippen molar-refractivity contribution in [3.63, 3.8) is 0 Å². The van der Waals surface area contributed by atoms with Gasteiger partial charge in [-0.2, -0.15) is 0 Å². The van der Waals surface area contributed by atoms with Gasteiger partial charge in [0.15, 0.2) is 5.78 Å². The van der Waals surface area contributed by atoms with E-state index in [1.54, 1.807) is 0 Å². The van der Waals surface area contributed by atoms with Crippen LogP contribution in [0.2, 0.25) is 0 Å². The number of Topliss-reactive ketones (excluding diaryl/α,β-unsaturated/α-hetero) is 1. The standard InChI is InChI=1S/C14H18O/c1-3-14(2)9-8-11-6-4-5-7-12(11)13(15)10-14/h4-7H,3,8-10H2,1-2H3. The van der Waals surface area contributed by atoms with Crippen LogP contribution in [0.5, 0.6) is 0 Å². The summed E-state index contributed by atoms with van der Waals surface area (Å²) in [6.45, 7) is 4.42. The van der Waals surface area contributed by atoms with Crippen molar-refractivity contribution >= 4 is 5.78 Å². The van der Waals surface area contributed by atoms with Gasteiger partial charge in [-0.15, -0.1) is 0 Å². The first-order valence-electron chi connectivity index (χ1n) is 5.76. The molecule has 0 N–H and O–H groups in total. The Labute approximate surface area is 91.5 Å². The van der Waals surface area contributed by atoms with E-state index in [4.69, 9.17) is 0 Å². The SMILES string of the molecule is CCC1(C)CCc2ccccc2C(=O)C1. The number of benzene rings is 1. The van der Waals surface area contributed by atoms with Crippen molar-refractivity contribution in [1.82, 2.24) is 0 Å². The lowest BCUT2D eigenvalue weighted by Gasteiger charge is -2.25. The molecule has 1 aliphatic rings. The fourth-order valence-corrected chi connectivity index (χ4v) is 2.32. The highest BCUT2D eigenvalue weighted by Gasteiger charge is 2.29. The minimum Gasteiger partial charge on any atom is -0.294 e. The van der Waals surface area contributed by atoms with Gasteiger partial charge in [0.05, 0.1) is 0 Å². The molecule has 1 nitrogen and oxygen atoms in total. The first-order chi connectivity index (χ1) is 7.14. The van der Waals surface area contributed by atoms with Crippen molar-refractivity contribution in [2.45, 2.75) is 39.5 Å². The minimum absolute atomic E-state index is 0.204. The number of rotatable bonds is 1. The molecule has 1 aromatic carbocycles. The van der Waals surface area contributed by atoms with Crippen LogP contribution in [0.3, 0.4) is 0 Å². The van der Waals surface area contributed by atoms with Crippen molar-refractivity contribution in [2.75, 3.05) is 0 Å². The molecule has 0 heterocycles. The van der Waals surface area contributed by atoms with Crippen molar-refractivity contribution in [1.29, 1.82) is 0 Å². The normalized spacial score (nSPS) is 25.9. The summed E-state index contributed by atoms with van der Waals surface area (Å²) < 4.78 is 0. The molecule has 1 aromatic rings. The number of carbonyl (C=O) groups excluding carboxylic acids is 1. The second-order valence-corrected chi connectivity index (χ2v) is 4.92. The lowest BCUT2D eigenvalue weighted by molar-refractivity contribution is 0.0920. The van der Waals surface area contributed by atoms with Gasteiger partial charge >= 0.3 is 0 Å². The Hall–Kier alpha value is -1.11. The lowest BCUT2D eigenvalue weighted by Crippen LogP contribution is -2.18. The van der Waals surface area contributed by atoms with Crippen LogP contribution in [0.4, 0.5) is 0 Å². The van der Waals surface area contributed by atoms with E-state index in [0.29, 0.717) is 12.2 Å². The van der Waals surface area contributed by atoms with Gasteiger partial charge < -0.3 is 0 Å². The summed E-state index contributed by atoms with van der Waals surface area (Å²) in [5, 5.41) is 0. The number of hydrogen-bond donors (Lipinski definition) is 0. The fourth-order valence-electron chi connectivity index (χ4n) is 2.32. The molecule has 1 aliphatic carbocycles. The van der Waals surface area contributed by atoms with Crippen LogP contribution in [0, 0.1) is 5.41 Å². The first kappa shape index (κ1) is 10.4. The Balaban J connectivity index is 2.36. The quantitative estimate of drug-likeness (QED) is 0.636. The van der Waals surface area contributed by atoms with E-state index in [1.807, 2.05) is 18.2 Å². The van der Waals surface area contributed by atoms with Gasteiger partial charge in [0.2, 0.25) is 0 Å². The van der Waals surface area contributed by atoms with E-state index >= 15 is 0 Å². The van der Waals surface area contributed by atoms with Gasteiger partial charge in [0.25, 0.3) is 0 Å². The average molecular weight is 202 g/mol. The first-order valence-corrected chi connectivity index (χ1v) is 5.76. The number of carbonyl (C=O) groups is 1. The van der Waals surface area contributed by atoms with E-state index in [-0.39, 0.29) is 5.41 Å². The average Bonchev–Trinajstić information content (AvgIpc) is 2.38. The van der Waals surface area contributed by atoms with E-state index in [2.05, 4.69) is 19.9 Å². The van der Waals surface area contributed by atoms with Crippen molar-refractivity contribution in [3.8, 4) is 0 Å². The van der Waals surface area contributed by atoms with Crippen molar-refractivity contribution in [2.24, 2.45) is 5.41 Å². The molecule has 0 radical (unpaired) electrons. The summed E-state index contributed by atoms with van der Waals surface area (Å²) >= 11 is 0. The second kappa shape index (κ2) is 3.80. The van der Waals surface area contributed by atoms with Gasteiger partial charge in [-0.05, 0) is 23.8 Å². The Morgan fingerprint density at radius 1 is 1.33 bits per heavy atom. The van der Waals surface area contributed by atoms with Crippen LogP contribution in [-0.2, 0) is 6.42 Å². The van der Waals surface area contributed by atoms with Crippen molar-refractivity contribution in [3.05, 3.63) is 35.4 Å². The maximum absolute atomic E-state index is 12.1. The summed E-state index contributed by atoms with van der Waals surface area (Å²) in [4.78, 5) is 12.1. The molecule has 0 fully saturated rings. The Bertz CT molecular complexity index is 381. The predicted octanol–water partition coefficient (Wildman–Crippen LogP) is 3.62. The molecule has 1 unspecified atom stereocenters. The highest BCUT2D eigenvalue weighted by molar-refractivity contribution is 5.98. The molecule has 0 saturated carbocycles. The van der Waals surface area contributed by atoms with Crippen LogP contribution in [-0.4, -0.2) is 5.78 Å². The van der Waals surface area contributed by atoms with Crippen LogP contribution < -0.4 is 0 Å². The number of fused-ring (bicyclic) bond motifs is 1. The molecule has 1 heteroatoms. The minimum atomic E-state index is 0.204. The molecular weight excluding hydrogens is 184 g/mol. The Morgan fingerprint density at radius 2 is 2.07 bits per heavy atom. The highest BCUT2D eigenvalue weighted by Crippen LogP contribution is 2.36. The molecule has 0 aromatic heterocycles. The van der Waals surface area contributed by atoms with Gasteiger partial charge in [0.1, 0.15) is 0 Å². The zero-order valence-corrected chi connectivity index (χ0v) is 9.55. The van der Waals surface area contributed by atoms with E-state index in [0.717, 1.165) is 24.8 Å². The monoisotopic (exact) mass is 202 g/mol. The van der Waals surface area contributed by atoms with E-state index in [1.165, 1.54) is 5.56 Å². The fraction of sp³-hybridized carbons (Fsp3) is 0.500. The summed E-state index contributed by atoms with van der Waals surface area (Å²) in [6, 6.07) is 8.06. The summed E-state index contributed by atoms with van der Waals surface area (Å²) in [6.07, 6.45) is 3.98. The highest BCUT2D eigenvalue weighted by atomic mass is 16.1. The molecule has 15 heavy (non-hydrogen) atoms. The predicted molar refractivity (Wildman–Crippen MR) is 62.1 cm³/mol. The topological polar surface area (TPSA) is 17.1 Å². The Kier molecular flexibility index (Phi) is 2.64. The molecule has 0 aliphatic heterocycles. The molecule has 80 valence electrons. The Morgan fingerprint density at radius 3 is 2.80 bits per heavy atom. The second-order valence-electron chi connectivity index (χ2n) is 4.92. The van der Waals surface area contributed by atoms with Crippen LogP contribution >= 0.6 is 0 Å². The van der Waals surface area contributed by atoms with E-state index < -0.39 is 0 Å². The molecule has 0 saturated heterocycles. The van der Waals surface area contributed by atoms with Crippen LogP contribution in [0.15, 0.2) is 24.3 Å². The molecular formula is C14H18O. The zero-order chi connectivity index (χ0) is 10.9. The third-order valence-electron chi connectivity index (χ3n) is 3.76. The molecule has 0 amide bonds. The zero-order valence-electron chi connectivity index (χ0n) is 9.55. The van der Waals surface area contributed by atoms with Gasteiger partial charge in [0, 0.05) is 12.0 Å². The summed E-state index contributed by atoms with van der Waals surface area (Å²) in [5.74, 6) is 0.326. The molecule has 0 spiro atoms. The molecule has 0 bridgehead atoms. The van der Waals surface area contributed by atoms with Gasteiger partial charge in [-0.1, -0.05) is 44.5 Å². The maximum Gasteiger partial charge on any atom is 0.163 e. The third-order valence-corrected chi connectivity index (χ3v) is 3.76. The number of aryl methyl sites for hydroxylation is 1. The van der Waals surface area contributed by atoms with Gasteiger partial charge in [-0.3, -0.25) is 4.79 Å². The summed E-state index contributed by atoms with van der Waals surface area (Å²) in [5.41, 5.74) is 2.39. The summed E-state index contributed by atoms with van der Waals surface area (Å²) in [7, 11) is 0. The van der Waals surface area contributed by atoms with Gasteiger partial charge in [-0.25, -0.2) is 0 Å². The van der Waals surface area contributed by atoms with E-state index in [9.17, 15) is 4.79 Å². The van der Waals surface area contributed by atoms with Crippen LogP contribution in [0.1, 0.15) is 49.0 Å². The molecule has 1 atom stereocenters. The molecule has 2 rings (SSSR count). The van der Waals surface area contributed by atoms with Crippen molar-refractivity contribution < 1.29 is 4.79 Å². The smallest absolute Gasteiger partial charge is 0.163 e.